The highest BCUT2D eigenvalue weighted by atomic mass is 16.5. The second kappa shape index (κ2) is 10.2. The van der Waals surface area contributed by atoms with Gasteiger partial charge in [0.2, 0.25) is 11.9 Å². The van der Waals surface area contributed by atoms with E-state index in [0.29, 0.717) is 12.5 Å². The fourth-order valence-electron chi connectivity index (χ4n) is 3.64. The Morgan fingerprint density at radius 3 is 2.80 bits per heavy atom. The molecule has 8 heteroatoms. The maximum Gasteiger partial charge on any atom is 0.227 e. The molecule has 0 radical (unpaired) electrons. The Morgan fingerprint density at radius 2 is 2.13 bits per heavy atom. The lowest BCUT2D eigenvalue weighted by atomic mass is 10.1. The number of amides is 1. The minimum atomic E-state index is -0.0415. The Hall–Kier alpha value is -2.87. The number of hydrogen-bond donors (Lipinski definition) is 2. The molecule has 3 rings (SSSR count). The summed E-state index contributed by atoms with van der Waals surface area (Å²) in [5.41, 5.74) is 1.04. The predicted molar refractivity (Wildman–Crippen MR) is 117 cm³/mol. The van der Waals surface area contributed by atoms with E-state index in [-0.39, 0.29) is 24.7 Å². The largest absolute Gasteiger partial charge is 0.489 e. The normalized spacial score (nSPS) is 16.9. The third kappa shape index (κ3) is 5.60. The number of nitrogens with one attached hydrogen (secondary N) is 1. The minimum absolute atomic E-state index is 0.0287. The van der Waals surface area contributed by atoms with Gasteiger partial charge in [-0.2, -0.15) is 4.98 Å². The summed E-state index contributed by atoms with van der Waals surface area (Å²) in [5.74, 6) is 2.29. The van der Waals surface area contributed by atoms with E-state index in [1.165, 1.54) is 6.92 Å². The quantitative estimate of drug-likeness (QED) is 0.651. The molecule has 30 heavy (non-hydrogen) atoms. The van der Waals surface area contributed by atoms with Crippen molar-refractivity contribution in [3.05, 3.63) is 42.1 Å². The van der Waals surface area contributed by atoms with E-state index >= 15 is 0 Å². The van der Waals surface area contributed by atoms with E-state index in [4.69, 9.17) is 4.74 Å². The van der Waals surface area contributed by atoms with Crippen LogP contribution in [0, 0.1) is 0 Å². The van der Waals surface area contributed by atoms with Gasteiger partial charge in [0.15, 0.2) is 0 Å². The van der Waals surface area contributed by atoms with Crippen molar-refractivity contribution in [3.63, 3.8) is 0 Å². The number of ether oxygens (including phenoxy) is 1. The SMILES string of the molecule is CCN(CCO)c1nccc(N2CC[C@@H](Oc3ccc([C@H](C)NC(C)=O)cc3)C2)n1. The monoisotopic (exact) mass is 413 g/mol. The van der Waals surface area contributed by atoms with Crippen LogP contribution in [0.3, 0.4) is 0 Å². The molecule has 1 amide bonds. The lowest BCUT2D eigenvalue weighted by molar-refractivity contribution is -0.119. The molecule has 0 aliphatic carbocycles. The van der Waals surface area contributed by atoms with E-state index in [2.05, 4.69) is 20.2 Å². The lowest BCUT2D eigenvalue weighted by Crippen LogP contribution is -2.29. The summed E-state index contributed by atoms with van der Waals surface area (Å²) < 4.78 is 6.16. The summed E-state index contributed by atoms with van der Waals surface area (Å²) in [5, 5.41) is 12.1. The minimum Gasteiger partial charge on any atom is -0.489 e. The van der Waals surface area contributed by atoms with Crippen molar-refractivity contribution in [1.29, 1.82) is 0 Å². The molecule has 162 valence electrons. The van der Waals surface area contributed by atoms with Gasteiger partial charge in [0.25, 0.3) is 0 Å². The van der Waals surface area contributed by atoms with Crippen LogP contribution < -0.4 is 19.9 Å². The Bertz CT molecular complexity index is 830. The van der Waals surface area contributed by atoms with Crippen molar-refractivity contribution in [2.45, 2.75) is 39.3 Å². The van der Waals surface area contributed by atoms with Gasteiger partial charge in [0.1, 0.15) is 17.7 Å². The number of nitrogens with zero attached hydrogens (tertiary/aromatic N) is 4. The van der Waals surface area contributed by atoms with Crippen molar-refractivity contribution in [2.24, 2.45) is 0 Å². The van der Waals surface area contributed by atoms with Crippen LogP contribution in [0.1, 0.15) is 38.8 Å². The van der Waals surface area contributed by atoms with Crippen LogP contribution in [-0.4, -0.2) is 59.9 Å². The molecule has 2 atom stereocenters. The number of aliphatic hydroxyl groups excluding tert-OH is 1. The first-order valence-corrected chi connectivity index (χ1v) is 10.5. The summed E-state index contributed by atoms with van der Waals surface area (Å²) in [7, 11) is 0. The molecule has 0 saturated carbocycles. The predicted octanol–water partition coefficient (Wildman–Crippen LogP) is 2.15. The van der Waals surface area contributed by atoms with Crippen LogP contribution in [0.4, 0.5) is 11.8 Å². The zero-order valence-electron chi connectivity index (χ0n) is 17.9. The third-order valence-electron chi connectivity index (χ3n) is 5.23. The average molecular weight is 414 g/mol. The standard InChI is InChI=1S/C22H31N5O3/c1-4-26(13-14-28)22-23-11-9-21(25-22)27-12-10-20(15-27)30-19-7-5-18(6-8-19)16(2)24-17(3)29/h5-9,11,16,20,28H,4,10,12-15H2,1-3H3,(H,24,29)/t16-,20+/m0/s1. The molecular weight excluding hydrogens is 382 g/mol. The number of anilines is 2. The molecule has 1 saturated heterocycles. The first kappa shape index (κ1) is 21.8. The van der Waals surface area contributed by atoms with E-state index in [0.717, 1.165) is 43.2 Å². The number of carbonyl (C=O) groups excluding carboxylic acids is 1. The Labute approximate surface area is 177 Å². The number of likely N-dealkylation sites (N-methyl/N-ethyl adjacent to an activating group) is 1. The Kier molecular flexibility index (Phi) is 7.46. The first-order valence-electron chi connectivity index (χ1n) is 10.5. The van der Waals surface area contributed by atoms with Crippen LogP contribution in [0.25, 0.3) is 0 Å². The van der Waals surface area contributed by atoms with Crippen molar-refractivity contribution in [1.82, 2.24) is 15.3 Å². The highest BCUT2D eigenvalue weighted by Gasteiger charge is 2.25. The number of hydrogen-bond acceptors (Lipinski definition) is 7. The summed E-state index contributed by atoms with van der Waals surface area (Å²) >= 11 is 0. The fraction of sp³-hybridized carbons (Fsp3) is 0.500. The van der Waals surface area contributed by atoms with Crippen LogP contribution in [-0.2, 0) is 4.79 Å². The number of benzene rings is 1. The maximum atomic E-state index is 11.2. The Morgan fingerprint density at radius 1 is 1.37 bits per heavy atom. The molecule has 1 aliphatic heterocycles. The first-order chi connectivity index (χ1) is 14.5. The number of aliphatic hydroxyl groups is 1. The second-order valence-electron chi connectivity index (χ2n) is 7.48. The van der Waals surface area contributed by atoms with E-state index < -0.39 is 0 Å². The molecule has 1 aliphatic rings. The van der Waals surface area contributed by atoms with Gasteiger partial charge in [-0.3, -0.25) is 4.79 Å². The van der Waals surface area contributed by atoms with E-state index in [9.17, 15) is 9.90 Å². The summed E-state index contributed by atoms with van der Waals surface area (Å²) in [6.07, 6.45) is 2.76. The molecule has 1 fully saturated rings. The van der Waals surface area contributed by atoms with Gasteiger partial charge in [-0.15, -0.1) is 0 Å². The molecule has 0 bridgehead atoms. The van der Waals surface area contributed by atoms with Gasteiger partial charge in [-0.05, 0) is 37.6 Å². The summed E-state index contributed by atoms with van der Waals surface area (Å²) in [4.78, 5) is 24.4. The number of rotatable bonds is 9. The fourth-order valence-corrected chi connectivity index (χ4v) is 3.64. The van der Waals surface area contributed by atoms with Gasteiger partial charge in [0.05, 0.1) is 19.2 Å². The molecule has 2 N–H and O–H groups in total. The molecule has 8 nitrogen and oxygen atoms in total. The third-order valence-corrected chi connectivity index (χ3v) is 5.23. The molecule has 2 heterocycles. The van der Waals surface area contributed by atoms with Crippen LogP contribution in [0.2, 0.25) is 0 Å². The number of carbonyl (C=O) groups is 1. The van der Waals surface area contributed by atoms with Gasteiger partial charge in [0, 0.05) is 39.2 Å². The van der Waals surface area contributed by atoms with E-state index in [1.807, 2.05) is 49.1 Å². The highest BCUT2D eigenvalue weighted by molar-refractivity contribution is 5.73. The van der Waals surface area contributed by atoms with Gasteiger partial charge >= 0.3 is 0 Å². The van der Waals surface area contributed by atoms with Crippen LogP contribution >= 0.6 is 0 Å². The van der Waals surface area contributed by atoms with Gasteiger partial charge < -0.3 is 25.0 Å². The van der Waals surface area contributed by atoms with Gasteiger partial charge in [-0.1, -0.05) is 12.1 Å². The molecule has 1 aromatic heterocycles. The second-order valence-corrected chi connectivity index (χ2v) is 7.48. The van der Waals surface area contributed by atoms with Crippen molar-refractivity contribution >= 4 is 17.7 Å². The highest BCUT2D eigenvalue weighted by Crippen LogP contribution is 2.24. The molecular formula is C22H31N5O3. The molecule has 1 aromatic carbocycles. The smallest absolute Gasteiger partial charge is 0.227 e. The Balaban J connectivity index is 1.59. The summed E-state index contributed by atoms with van der Waals surface area (Å²) in [6, 6.07) is 9.76. The molecule has 0 unspecified atom stereocenters. The van der Waals surface area contributed by atoms with Crippen molar-refractivity contribution in [3.8, 4) is 5.75 Å². The van der Waals surface area contributed by atoms with Crippen molar-refractivity contribution in [2.75, 3.05) is 42.6 Å². The number of aromatic nitrogens is 2. The zero-order chi connectivity index (χ0) is 21.5. The van der Waals surface area contributed by atoms with Gasteiger partial charge in [-0.25, -0.2) is 4.98 Å². The molecule has 0 spiro atoms. The van der Waals surface area contributed by atoms with E-state index in [1.54, 1.807) is 6.20 Å². The van der Waals surface area contributed by atoms with Crippen molar-refractivity contribution < 1.29 is 14.6 Å². The lowest BCUT2D eigenvalue weighted by Gasteiger charge is -2.22. The molecule has 2 aromatic rings. The average Bonchev–Trinajstić information content (AvgIpc) is 3.20. The topological polar surface area (TPSA) is 90.8 Å². The maximum absolute atomic E-state index is 11.2. The van der Waals surface area contributed by atoms with Crippen LogP contribution in [0.5, 0.6) is 5.75 Å². The van der Waals surface area contributed by atoms with Crippen LogP contribution in [0.15, 0.2) is 36.5 Å². The summed E-state index contributed by atoms with van der Waals surface area (Å²) in [6.45, 7) is 8.46. The zero-order valence-corrected chi connectivity index (χ0v) is 17.9.